The molecule has 4 heteroatoms. The number of benzene rings is 1. The molecule has 2 fully saturated rings. The summed E-state index contributed by atoms with van der Waals surface area (Å²) in [4.78, 5) is 2.50. The third kappa shape index (κ3) is 3.83. The van der Waals surface area contributed by atoms with Crippen molar-refractivity contribution < 1.29 is 4.74 Å². The zero-order chi connectivity index (χ0) is 13.8. The molecule has 0 aromatic heterocycles. The Hall–Kier alpha value is -0.930. The first-order valence-electron chi connectivity index (χ1n) is 7.97. The highest BCUT2D eigenvalue weighted by atomic mass is 35.5. The molecule has 2 heterocycles. The van der Waals surface area contributed by atoms with Crippen molar-refractivity contribution in [2.45, 2.75) is 25.7 Å². The summed E-state index contributed by atoms with van der Waals surface area (Å²) in [5.41, 5.74) is 1.26. The lowest BCUT2D eigenvalue weighted by Crippen LogP contribution is -2.39. The first-order chi connectivity index (χ1) is 9.88. The number of ether oxygens (including phenoxy) is 1. The summed E-state index contributed by atoms with van der Waals surface area (Å²) in [5.74, 6) is 2.90. The van der Waals surface area contributed by atoms with Gasteiger partial charge in [0.2, 0.25) is 0 Å². The monoisotopic (exact) mass is 310 g/mol. The molecular weight excluding hydrogens is 284 g/mol. The van der Waals surface area contributed by atoms with E-state index in [1.165, 1.54) is 57.5 Å². The Morgan fingerprint density at radius 3 is 2.29 bits per heavy atom. The number of halogens is 1. The number of rotatable bonds is 3. The second-order valence-electron chi connectivity index (χ2n) is 6.08. The van der Waals surface area contributed by atoms with Crippen molar-refractivity contribution >= 4 is 18.1 Å². The Labute approximate surface area is 134 Å². The van der Waals surface area contributed by atoms with E-state index >= 15 is 0 Å². The summed E-state index contributed by atoms with van der Waals surface area (Å²) in [6, 6.07) is 8.40. The van der Waals surface area contributed by atoms with Crippen molar-refractivity contribution in [2.24, 2.45) is 11.8 Å². The predicted octanol–water partition coefficient (Wildman–Crippen LogP) is 3.33. The fourth-order valence-electron chi connectivity index (χ4n) is 3.82. The van der Waals surface area contributed by atoms with E-state index in [0.29, 0.717) is 0 Å². The van der Waals surface area contributed by atoms with Gasteiger partial charge in [-0.25, -0.2) is 0 Å². The summed E-state index contributed by atoms with van der Waals surface area (Å²) in [6.45, 7) is 4.79. The number of hydrogen-bond donors (Lipinski definition) is 1. The molecule has 1 aromatic rings. The van der Waals surface area contributed by atoms with Gasteiger partial charge >= 0.3 is 0 Å². The molecule has 0 atom stereocenters. The van der Waals surface area contributed by atoms with E-state index in [1.54, 1.807) is 7.11 Å². The van der Waals surface area contributed by atoms with Gasteiger partial charge in [0.1, 0.15) is 5.75 Å². The molecule has 2 saturated heterocycles. The van der Waals surface area contributed by atoms with Crippen LogP contribution in [0.25, 0.3) is 0 Å². The van der Waals surface area contributed by atoms with E-state index in [4.69, 9.17) is 4.74 Å². The van der Waals surface area contributed by atoms with Gasteiger partial charge in [-0.1, -0.05) is 12.1 Å². The van der Waals surface area contributed by atoms with Crippen LogP contribution in [0.15, 0.2) is 24.3 Å². The van der Waals surface area contributed by atoms with Crippen LogP contribution in [0.5, 0.6) is 5.75 Å². The van der Waals surface area contributed by atoms with E-state index in [1.807, 2.05) is 6.07 Å². The van der Waals surface area contributed by atoms with E-state index in [-0.39, 0.29) is 12.4 Å². The molecule has 3 nitrogen and oxygen atoms in total. The Bertz CT molecular complexity index is 427. The molecule has 2 aliphatic rings. The van der Waals surface area contributed by atoms with Crippen LogP contribution >= 0.6 is 12.4 Å². The molecule has 0 spiro atoms. The lowest BCUT2D eigenvalue weighted by Gasteiger charge is -2.39. The van der Waals surface area contributed by atoms with Crippen molar-refractivity contribution in [3.63, 3.8) is 0 Å². The Kier molecular flexibility index (Phi) is 6.19. The maximum atomic E-state index is 5.49. The number of methoxy groups -OCH3 is 1. The fourth-order valence-corrected chi connectivity index (χ4v) is 3.82. The molecule has 0 bridgehead atoms. The summed E-state index contributed by atoms with van der Waals surface area (Å²) in [6.07, 6.45) is 5.42. The highest BCUT2D eigenvalue weighted by molar-refractivity contribution is 5.85. The molecule has 0 saturated carbocycles. The normalized spacial score (nSPS) is 20.9. The quantitative estimate of drug-likeness (QED) is 0.927. The summed E-state index contributed by atoms with van der Waals surface area (Å²) >= 11 is 0. The minimum absolute atomic E-state index is 0. The van der Waals surface area contributed by atoms with Gasteiger partial charge < -0.3 is 15.0 Å². The van der Waals surface area contributed by atoms with Crippen LogP contribution < -0.4 is 15.0 Å². The first-order valence-corrected chi connectivity index (χ1v) is 7.97. The van der Waals surface area contributed by atoms with Crippen molar-refractivity contribution in [1.82, 2.24) is 5.32 Å². The van der Waals surface area contributed by atoms with Crippen molar-refractivity contribution in [3.8, 4) is 5.75 Å². The molecule has 0 unspecified atom stereocenters. The average molecular weight is 311 g/mol. The average Bonchev–Trinajstić information content (AvgIpc) is 2.56. The van der Waals surface area contributed by atoms with E-state index in [9.17, 15) is 0 Å². The SMILES string of the molecule is COc1ccccc1N1CCC(C2CCNCC2)CC1.Cl. The van der Waals surface area contributed by atoms with Crippen LogP contribution in [0.1, 0.15) is 25.7 Å². The summed E-state index contributed by atoms with van der Waals surface area (Å²) in [7, 11) is 1.76. The van der Waals surface area contributed by atoms with Crippen LogP contribution in [0.2, 0.25) is 0 Å². The van der Waals surface area contributed by atoms with E-state index in [2.05, 4.69) is 28.4 Å². The zero-order valence-electron chi connectivity index (χ0n) is 12.9. The van der Waals surface area contributed by atoms with Crippen molar-refractivity contribution in [2.75, 3.05) is 38.2 Å². The molecule has 0 amide bonds. The first kappa shape index (κ1) is 16.4. The molecule has 1 aromatic carbocycles. The Balaban J connectivity index is 0.00000161. The van der Waals surface area contributed by atoms with E-state index in [0.717, 1.165) is 17.6 Å². The molecule has 0 radical (unpaired) electrons. The number of hydrogen-bond acceptors (Lipinski definition) is 3. The zero-order valence-corrected chi connectivity index (χ0v) is 13.7. The smallest absolute Gasteiger partial charge is 0.142 e. The van der Waals surface area contributed by atoms with Gasteiger partial charge in [0.25, 0.3) is 0 Å². The van der Waals surface area contributed by atoms with Gasteiger partial charge in [-0.15, -0.1) is 12.4 Å². The highest BCUT2D eigenvalue weighted by Gasteiger charge is 2.28. The second kappa shape index (κ2) is 7.90. The lowest BCUT2D eigenvalue weighted by atomic mass is 9.79. The molecular formula is C17H27ClN2O. The largest absolute Gasteiger partial charge is 0.495 e. The third-order valence-corrected chi connectivity index (χ3v) is 5.02. The standard InChI is InChI=1S/C17H26N2O.ClH/c1-20-17-5-3-2-4-16(17)19-12-8-15(9-13-19)14-6-10-18-11-7-14;/h2-5,14-15,18H,6-13H2,1H3;1H. The van der Waals surface area contributed by atoms with Gasteiger partial charge in [0, 0.05) is 13.1 Å². The maximum absolute atomic E-state index is 5.49. The molecule has 118 valence electrons. The molecule has 0 aliphatic carbocycles. The minimum Gasteiger partial charge on any atom is -0.495 e. The minimum atomic E-state index is 0. The third-order valence-electron chi connectivity index (χ3n) is 5.02. The Morgan fingerprint density at radius 1 is 1.00 bits per heavy atom. The predicted molar refractivity (Wildman–Crippen MR) is 90.8 cm³/mol. The van der Waals surface area contributed by atoms with Gasteiger partial charge in [0.15, 0.2) is 0 Å². The molecule has 2 aliphatic heterocycles. The number of nitrogens with zero attached hydrogens (tertiary/aromatic N) is 1. The van der Waals surface area contributed by atoms with Crippen LogP contribution in [0, 0.1) is 11.8 Å². The number of piperidine rings is 2. The lowest BCUT2D eigenvalue weighted by molar-refractivity contribution is 0.221. The molecule has 3 rings (SSSR count). The summed E-state index contributed by atoms with van der Waals surface area (Å²) < 4.78 is 5.49. The van der Waals surface area contributed by atoms with Gasteiger partial charge in [0.05, 0.1) is 12.8 Å². The van der Waals surface area contributed by atoms with Crippen molar-refractivity contribution in [3.05, 3.63) is 24.3 Å². The highest BCUT2D eigenvalue weighted by Crippen LogP contribution is 2.35. The van der Waals surface area contributed by atoms with Gasteiger partial charge in [-0.3, -0.25) is 0 Å². The summed E-state index contributed by atoms with van der Waals surface area (Å²) in [5, 5.41) is 3.48. The van der Waals surface area contributed by atoms with Gasteiger partial charge in [-0.2, -0.15) is 0 Å². The van der Waals surface area contributed by atoms with Crippen LogP contribution in [-0.2, 0) is 0 Å². The molecule has 21 heavy (non-hydrogen) atoms. The number of para-hydroxylation sites is 2. The Morgan fingerprint density at radius 2 is 1.62 bits per heavy atom. The topological polar surface area (TPSA) is 24.5 Å². The number of anilines is 1. The van der Waals surface area contributed by atoms with Crippen LogP contribution in [-0.4, -0.2) is 33.3 Å². The van der Waals surface area contributed by atoms with Gasteiger partial charge in [-0.05, 0) is 62.7 Å². The van der Waals surface area contributed by atoms with Crippen molar-refractivity contribution in [1.29, 1.82) is 0 Å². The second-order valence-corrected chi connectivity index (χ2v) is 6.08. The number of nitrogens with one attached hydrogen (secondary N) is 1. The van der Waals surface area contributed by atoms with Crippen LogP contribution in [0.4, 0.5) is 5.69 Å². The van der Waals surface area contributed by atoms with Crippen LogP contribution in [0.3, 0.4) is 0 Å². The molecule has 1 N–H and O–H groups in total. The fraction of sp³-hybridized carbons (Fsp3) is 0.647. The van der Waals surface area contributed by atoms with E-state index < -0.39 is 0 Å². The maximum Gasteiger partial charge on any atom is 0.142 e.